The summed E-state index contributed by atoms with van der Waals surface area (Å²) in [6.07, 6.45) is 4.95. The molecule has 0 amide bonds. The van der Waals surface area contributed by atoms with Gasteiger partial charge in [-0.25, -0.2) is 4.79 Å². The van der Waals surface area contributed by atoms with Gasteiger partial charge in [0.25, 0.3) is 0 Å². The summed E-state index contributed by atoms with van der Waals surface area (Å²) in [5.41, 5.74) is 11.7. The minimum absolute atomic E-state index is 0.0272. The highest BCUT2D eigenvalue weighted by Gasteiger charge is 2.30. The predicted octanol–water partition coefficient (Wildman–Crippen LogP) is 5.53. The number of nitrogens with zero attached hydrogens (tertiary/aromatic N) is 2. The fraction of sp³-hybridized carbons (Fsp3) is 0.333. The minimum atomic E-state index is -0.972. The summed E-state index contributed by atoms with van der Waals surface area (Å²) < 4.78 is 0. The summed E-state index contributed by atoms with van der Waals surface area (Å²) in [5.74, 6) is -0.999. The summed E-state index contributed by atoms with van der Waals surface area (Å²) in [4.78, 5) is 23.3. The molecule has 1 heterocycles. The third kappa shape index (κ3) is 5.31. The maximum atomic E-state index is 11.7. The van der Waals surface area contributed by atoms with Crippen molar-refractivity contribution in [3.05, 3.63) is 63.6 Å². The van der Waals surface area contributed by atoms with Crippen LogP contribution < -0.4 is 10.9 Å². The molecule has 0 saturated heterocycles. The fourth-order valence-corrected chi connectivity index (χ4v) is 5.62. The zero-order chi connectivity index (χ0) is 26.0. The number of anilines is 2. The van der Waals surface area contributed by atoms with Crippen LogP contribution in [0.15, 0.2) is 51.5 Å². The Morgan fingerprint density at radius 1 is 1.19 bits per heavy atom. The van der Waals surface area contributed by atoms with Gasteiger partial charge in [0.2, 0.25) is 0 Å². The number of phenols is 1. The van der Waals surface area contributed by atoms with Gasteiger partial charge in [0.05, 0.1) is 22.0 Å². The lowest BCUT2D eigenvalue weighted by Crippen LogP contribution is -2.16. The van der Waals surface area contributed by atoms with E-state index in [4.69, 9.17) is 0 Å². The van der Waals surface area contributed by atoms with Gasteiger partial charge in [0.15, 0.2) is 6.29 Å². The largest absolute Gasteiger partial charge is 0.505 e. The maximum absolute atomic E-state index is 11.7. The first-order chi connectivity index (χ1) is 17.1. The van der Waals surface area contributed by atoms with E-state index in [1.807, 2.05) is 19.1 Å². The molecule has 0 radical (unpaired) electrons. The number of carbonyl (C=O) groups excluding carboxylic acids is 1. The molecule has 188 valence electrons. The predicted molar refractivity (Wildman–Crippen MR) is 145 cm³/mol. The van der Waals surface area contributed by atoms with Gasteiger partial charge in [0.1, 0.15) is 11.5 Å². The van der Waals surface area contributed by atoms with Crippen LogP contribution in [0.4, 0.5) is 11.4 Å². The van der Waals surface area contributed by atoms with Crippen LogP contribution in [-0.2, 0) is 21.4 Å². The van der Waals surface area contributed by atoms with E-state index in [0.29, 0.717) is 29.7 Å². The quantitative estimate of drug-likeness (QED) is 0.161. The number of carboxylic acids is 1. The summed E-state index contributed by atoms with van der Waals surface area (Å²) in [6, 6.07) is 9.74. The molecular weight excluding hydrogens is 476 g/mol. The van der Waals surface area contributed by atoms with Crippen LogP contribution in [0.1, 0.15) is 61.1 Å². The number of hydrogen-bond acceptors (Lipinski definition) is 8. The topological polar surface area (TPSA) is 123 Å². The molecule has 1 aliphatic carbocycles. The van der Waals surface area contributed by atoms with Gasteiger partial charge in [-0.3, -0.25) is 15.6 Å². The first-order valence-electron chi connectivity index (χ1n) is 11.8. The summed E-state index contributed by atoms with van der Waals surface area (Å²) in [6.45, 7) is 8.02. The van der Waals surface area contributed by atoms with Gasteiger partial charge in [0, 0.05) is 10.8 Å². The number of aromatic hydroxyl groups is 1. The minimum Gasteiger partial charge on any atom is -0.505 e. The van der Waals surface area contributed by atoms with Crippen molar-refractivity contribution in [2.45, 2.75) is 57.6 Å². The van der Waals surface area contributed by atoms with E-state index in [2.05, 4.69) is 47.0 Å². The molecule has 4 N–H and O–H groups in total. The second kappa shape index (κ2) is 10.2. The lowest BCUT2D eigenvalue weighted by atomic mass is 9.86. The van der Waals surface area contributed by atoms with Crippen LogP contribution in [0.25, 0.3) is 0 Å². The molecule has 36 heavy (non-hydrogen) atoms. The number of carbonyl (C=O) groups is 2. The van der Waals surface area contributed by atoms with Crippen LogP contribution in [0.3, 0.4) is 0 Å². The molecule has 0 fully saturated rings. The Bertz CT molecular complexity index is 1310. The second-order valence-corrected chi connectivity index (χ2v) is 11.0. The van der Waals surface area contributed by atoms with Crippen LogP contribution in [0.5, 0.6) is 5.75 Å². The average molecular weight is 507 g/mol. The average Bonchev–Trinajstić information content (AvgIpc) is 3.45. The number of aliphatic carboxylic acids is 1. The number of rotatable bonds is 8. The number of thioether (sulfide) groups is 1. The molecule has 2 aliphatic rings. The van der Waals surface area contributed by atoms with E-state index in [-0.39, 0.29) is 27.0 Å². The zero-order valence-electron chi connectivity index (χ0n) is 20.8. The highest BCUT2D eigenvalue weighted by Crippen LogP contribution is 2.48. The standard InChI is InChI=1S/C27H30N4O4S/c1-15-11-19(23-7-8-24(36-23)26(34)35)25(33)21(12-15)30-31-22(14-32)16(2)28-29-18-6-5-17-9-10-27(3,4)20(17)13-18/h5-6,8,11-14,23,29-30,33H,7,9-10H2,1-4H3,(H,34,35)/b28-16-,31-22+. The van der Waals surface area contributed by atoms with E-state index < -0.39 is 5.97 Å². The highest BCUT2D eigenvalue weighted by atomic mass is 32.2. The van der Waals surface area contributed by atoms with Gasteiger partial charge in [-0.05, 0) is 73.4 Å². The maximum Gasteiger partial charge on any atom is 0.341 e. The van der Waals surface area contributed by atoms with Crippen molar-refractivity contribution in [1.82, 2.24) is 0 Å². The molecule has 1 aliphatic heterocycles. The Labute approximate surface area is 214 Å². The fourth-order valence-electron chi connectivity index (χ4n) is 4.52. The van der Waals surface area contributed by atoms with Crippen molar-refractivity contribution in [3.8, 4) is 5.75 Å². The Balaban J connectivity index is 1.50. The molecule has 1 atom stereocenters. The third-order valence-electron chi connectivity index (χ3n) is 6.62. The number of nitrogens with one attached hydrogen (secondary N) is 2. The van der Waals surface area contributed by atoms with Crippen LogP contribution in [-0.4, -0.2) is 33.9 Å². The van der Waals surface area contributed by atoms with E-state index >= 15 is 0 Å². The van der Waals surface area contributed by atoms with Crippen molar-refractivity contribution < 1.29 is 19.8 Å². The number of phenolic OH excluding ortho intramolecular Hbond substituents is 1. The Morgan fingerprint density at radius 2 is 1.97 bits per heavy atom. The van der Waals surface area contributed by atoms with Crippen LogP contribution in [0, 0.1) is 6.92 Å². The molecule has 0 spiro atoms. The Kier molecular flexibility index (Phi) is 7.21. The first kappa shape index (κ1) is 25.5. The number of aryl methyl sites for hydroxylation is 2. The number of allylic oxidation sites excluding steroid dienone is 1. The number of aldehydes is 1. The van der Waals surface area contributed by atoms with Crippen molar-refractivity contribution >= 4 is 46.8 Å². The van der Waals surface area contributed by atoms with E-state index in [9.17, 15) is 19.8 Å². The first-order valence-corrected chi connectivity index (χ1v) is 12.6. The lowest BCUT2D eigenvalue weighted by molar-refractivity contribution is -0.131. The molecule has 8 nitrogen and oxygen atoms in total. The SMILES string of the molecule is CC(=N/Nc1ccc2c(c1)C(C)(C)CC2)/C(C=O)=N/Nc1cc(C)cc(C2CC=C(C(=O)O)S2)c1O. The molecule has 1 unspecified atom stereocenters. The summed E-state index contributed by atoms with van der Waals surface area (Å²) in [7, 11) is 0. The van der Waals surface area contributed by atoms with Crippen molar-refractivity contribution in [3.63, 3.8) is 0 Å². The monoisotopic (exact) mass is 506 g/mol. The van der Waals surface area contributed by atoms with Crippen molar-refractivity contribution in [2.24, 2.45) is 10.2 Å². The molecule has 9 heteroatoms. The second-order valence-electron chi connectivity index (χ2n) is 9.76. The third-order valence-corrected chi connectivity index (χ3v) is 7.94. The van der Waals surface area contributed by atoms with Gasteiger partial charge in [-0.15, -0.1) is 11.8 Å². The van der Waals surface area contributed by atoms with Crippen molar-refractivity contribution in [1.29, 1.82) is 0 Å². The molecule has 0 bridgehead atoms. The summed E-state index contributed by atoms with van der Waals surface area (Å²) in [5, 5.41) is 28.4. The normalized spacial score (nSPS) is 19.0. The van der Waals surface area contributed by atoms with Crippen LogP contribution >= 0.6 is 11.8 Å². The van der Waals surface area contributed by atoms with Crippen molar-refractivity contribution in [2.75, 3.05) is 10.9 Å². The molecule has 2 aromatic carbocycles. The van der Waals surface area contributed by atoms with E-state index in [1.165, 1.54) is 22.9 Å². The number of benzene rings is 2. The number of hydrogen-bond donors (Lipinski definition) is 4. The van der Waals surface area contributed by atoms with Crippen LogP contribution in [0.2, 0.25) is 0 Å². The number of carboxylic acid groups (broad SMARTS) is 1. The Hall–Kier alpha value is -3.59. The van der Waals surface area contributed by atoms with Gasteiger partial charge in [-0.1, -0.05) is 32.1 Å². The number of hydrazone groups is 2. The zero-order valence-corrected chi connectivity index (χ0v) is 21.6. The highest BCUT2D eigenvalue weighted by molar-refractivity contribution is 8.04. The number of fused-ring (bicyclic) bond motifs is 1. The Morgan fingerprint density at radius 3 is 2.67 bits per heavy atom. The van der Waals surface area contributed by atoms with Gasteiger partial charge in [-0.2, -0.15) is 10.2 Å². The van der Waals surface area contributed by atoms with Gasteiger partial charge < -0.3 is 10.2 Å². The van der Waals surface area contributed by atoms with E-state index in [1.54, 1.807) is 19.1 Å². The molecule has 2 aromatic rings. The molecule has 4 rings (SSSR count). The summed E-state index contributed by atoms with van der Waals surface area (Å²) >= 11 is 1.20. The van der Waals surface area contributed by atoms with E-state index in [0.717, 1.165) is 24.1 Å². The molecule has 0 aromatic heterocycles. The molecule has 0 saturated carbocycles. The smallest absolute Gasteiger partial charge is 0.341 e. The lowest BCUT2D eigenvalue weighted by Gasteiger charge is -2.19. The molecular formula is C27H30N4O4S. The van der Waals surface area contributed by atoms with Gasteiger partial charge >= 0.3 is 5.97 Å².